The van der Waals surface area contributed by atoms with E-state index in [4.69, 9.17) is 0 Å². The van der Waals surface area contributed by atoms with Gasteiger partial charge in [0.25, 0.3) is 0 Å². The van der Waals surface area contributed by atoms with E-state index in [1.54, 1.807) is 13.1 Å². The van der Waals surface area contributed by atoms with Crippen LogP contribution in [-0.2, 0) is 25.8 Å². The third-order valence-electron chi connectivity index (χ3n) is 5.64. The molecule has 2 aromatic carbocycles. The highest BCUT2D eigenvalue weighted by Gasteiger charge is 2.30. The number of likely N-dealkylation sites (N-methyl/N-ethyl adjacent to an activating group) is 1. The monoisotopic (exact) mass is 447 g/mol. The Morgan fingerprint density at radius 1 is 0.906 bits per heavy atom. The zero-order valence-electron chi connectivity index (χ0n) is 18.8. The molecule has 2 aromatic rings. The van der Waals surface area contributed by atoms with Gasteiger partial charge in [0.05, 0.1) is 5.56 Å². The van der Waals surface area contributed by atoms with Crippen LogP contribution < -0.4 is 10.6 Å². The van der Waals surface area contributed by atoms with E-state index >= 15 is 0 Å². The minimum Gasteiger partial charge on any atom is -0.352 e. The van der Waals surface area contributed by atoms with Crippen LogP contribution in [0.25, 0.3) is 0 Å². The van der Waals surface area contributed by atoms with Gasteiger partial charge in [-0.25, -0.2) is 0 Å². The Morgan fingerprint density at radius 2 is 1.59 bits per heavy atom. The van der Waals surface area contributed by atoms with Gasteiger partial charge in [-0.05, 0) is 55.4 Å². The first-order chi connectivity index (χ1) is 15.3. The SMILES string of the molecule is CN=C(NCc1ccc(CN2CCCN(C)CC2)cc1)NCc1cccc(C(F)(F)F)c1. The zero-order chi connectivity index (χ0) is 23.0. The minimum absolute atomic E-state index is 0.257. The van der Waals surface area contributed by atoms with Crippen molar-refractivity contribution in [3.05, 3.63) is 70.8 Å². The number of nitrogens with zero attached hydrogens (tertiary/aromatic N) is 3. The predicted octanol–water partition coefficient (Wildman–Crippen LogP) is 3.71. The van der Waals surface area contributed by atoms with E-state index in [0.717, 1.165) is 50.4 Å². The first-order valence-electron chi connectivity index (χ1n) is 10.9. The Bertz CT molecular complexity index is 880. The van der Waals surface area contributed by atoms with Crippen LogP contribution >= 0.6 is 0 Å². The third-order valence-corrected chi connectivity index (χ3v) is 5.64. The average molecular weight is 448 g/mol. The molecule has 0 saturated carbocycles. The van der Waals surface area contributed by atoms with Crippen LogP contribution in [0.5, 0.6) is 0 Å². The molecule has 0 bridgehead atoms. The van der Waals surface area contributed by atoms with Gasteiger partial charge < -0.3 is 15.5 Å². The molecule has 0 spiro atoms. The van der Waals surface area contributed by atoms with E-state index in [0.29, 0.717) is 18.1 Å². The standard InChI is InChI=1S/C24H32F3N5/c1-28-23(30-17-21-5-3-6-22(15-21)24(25,26)27)29-16-19-7-9-20(10-8-19)18-32-12-4-11-31(2)13-14-32/h3,5-10,15H,4,11-14,16-18H2,1-2H3,(H2,28,29,30). The average Bonchev–Trinajstić information content (AvgIpc) is 2.98. The molecule has 0 radical (unpaired) electrons. The van der Waals surface area contributed by atoms with E-state index < -0.39 is 11.7 Å². The summed E-state index contributed by atoms with van der Waals surface area (Å²) in [5.74, 6) is 0.542. The molecule has 5 nitrogen and oxygen atoms in total. The van der Waals surface area contributed by atoms with Crippen molar-refractivity contribution in [1.29, 1.82) is 0 Å². The van der Waals surface area contributed by atoms with Gasteiger partial charge in [0, 0.05) is 39.8 Å². The molecule has 0 amide bonds. The van der Waals surface area contributed by atoms with Crippen LogP contribution in [0, 0.1) is 0 Å². The lowest BCUT2D eigenvalue weighted by atomic mass is 10.1. The Kier molecular flexibility index (Phi) is 8.53. The van der Waals surface area contributed by atoms with Crippen molar-refractivity contribution < 1.29 is 13.2 Å². The summed E-state index contributed by atoms with van der Waals surface area (Å²) in [6.07, 6.45) is -3.14. The maximum Gasteiger partial charge on any atom is 0.416 e. The molecule has 8 heteroatoms. The highest BCUT2D eigenvalue weighted by Crippen LogP contribution is 2.29. The first kappa shape index (κ1) is 24.1. The Balaban J connectivity index is 1.46. The molecule has 3 rings (SSSR count). The van der Waals surface area contributed by atoms with Crippen molar-refractivity contribution in [2.75, 3.05) is 40.3 Å². The lowest BCUT2D eigenvalue weighted by Crippen LogP contribution is -2.36. The molecule has 0 aromatic heterocycles. The van der Waals surface area contributed by atoms with Gasteiger partial charge >= 0.3 is 6.18 Å². The number of hydrogen-bond acceptors (Lipinski definition) is 3. The highest BCUT2D eigenvalue weighted by molar-refractivity contribution is 5.79. The predicted molar refractivity (Wildman–Crippen MR) is 122 cm³/mol. The summed E-state index contributed by atoms with van der Waals surface area (Å²) < 4.78 is 38.6. The molecule has 174 valence electrons. The van der Waals surface area contributed by atoms with Crippen LogP contribution in [0.15, 0.2) is 53.5 Å². The van der Waals surface area contributed by atoms with Gasteiger partial charge in [0.2, 0.25) is 0 Å². The lowest BCUT2D eigenvalue weighted by molar-refractivity contribution is -0.137. The zero-order valence-corrected chi connectivity index (χ0v) is 18.8. The number of guanidine groups is 1. The topological polar surface area (TPSA) is 42.9 Å². The molecule has 0 aliphatic carbocycles. The second-order valence-electron chi connectivity index (χ2n) is 8.23. The van der Waals surface area contributed by atoms with Crippen molar-refractivity contribution in [3.63, 3.8) is 0 Å². The number of halogens is 3. The van der Waals surface area contributed by atoms with Gasteiger partial charge in [-0.2, -0.15) is 13.2 Å². The Morgan fingerprint density at radius 3 is 2.28 bits per heavy atom. The van der Waals surface area contributed by atoms with Crippen LogP contribution in [0.2, 0.25) is 0 Å². The van der Waals surface area contributed by atoms with Crippen LogP contribution in [0.1, 0.15) is 28.7 Å². The minimum atomic E-state index is -4.34. The molecular formula is C24H32F3N5. The van der Waals surface area contributed by atoms with E-state index in [1.165, 1.54) is 18.1 Å². The molecule has 1 fully saturated rings. The maximum absolute atomic E-state index is 12.9. The van der Waals surface area contributed by atoms with E-state index in [2.05, 4.69) is 56.7 Å². The van der Waals surface area contributed by atoms with E-state index in [-0.39, 0.29) is 6.54 Å². The molecule has 0 atom stereocenters. The van der Waals surface area contributed by atoms with Crippen LogP contribution in [-0.4, -0.2) is 56.0 Å². The fourth-order valence-electron chi connectivity index (χ4n) is 3.73. The summed E-state index contributed by atoms with van der Waals surface area (Å²) in [6.45, 7) is 6.28. The van der Waals surface area contributed by atoms with E-state index in [9.17, 15) is 13.2 Å². The van der Waals surface area contributed by atoms with Crippen molar-refractivity contribution in [1.82, 2.24) is 20.4 Å². The van der Waals surface area contributed by atoms with Crippen molar-refractivity contribution >= 4 is 5.96 Å². The van der Waals surface area contributed by atoms with Gasteiger partial charge in [-0.3, -0.25) is 9.89 Å². The number of rotatable bonds is 6. The number of aliphatic imine (C=N–C) groups is 1. The summed E-state index contributed by atoms with van der Waals surface area (Å²) in [6, 6.07) is 13.8. The molecule has 1 heterocycles. The molecule has 2 N–H and O–H groups in total. The van der Waals surface area contributed by atoms with Crippen LogP contribution in [0.3, 0.4) is 0 Å². The molecule has 0 unspecified atom stereocenters. The number of alkyl halides is 3. The molecule has 32 heavy (non-hydrogen) atoms. The van der Waals surface area contributed by atoms with Gasteiger partial charge in [-0.15, -0.1) is 0 Å². The second-order valence-corrected chi connectivity index (χ2v) is 8.23. The maximum atomic E-state index is 12.9. The summed E-state index contributed by atoms with van der Waals surface area (Å²) >= 11 is 0. The summed E-state index contributed by atoms with van der Waals surface area (Å²) in [7, 11) is 3.82. The summed E-state index contributed by atoms with van der Waals surface area (Å²) in [4.78, 5) is 9.03. The van der Waals surface area contributed by atoms with Gasteiger partial charge in [0.15, 0.2) is 5.96 Å². The summed E-state index contributed by atoms with van der Waals surface area (Å²) in [5, 5.41) is 6.29. The van der Waals surface area contributed by atoms with E-state index in [1.807, 2.05) is 0 Å². The molecule has 1 aliphatic heterocycles. The van der Waals surface area contributed by atoms with Crippen LogP contribution in [0.4, 0.5) is 13.2 Å². The normalized spacial score (nSPS) is 16.6. The second kappa shape index (κ2) is 11.3. The number of benzene rings is 2. The first-order valence-corrected chi connectivity index (χ1v) is 10.9. The van der Waals surface area contributed by atoms with Gasteiger partial charge in [0.1, 0.15) is 0 Å². The Labute approximate surface area is 188 Å². The number of hydrogen-bond donors (Lipinski definition) is 2. The quantitative estimate of drug-likeness (QED) is 0.524. The Hall–Kier alpha value is -2.58. The molecule has 1 aliphatic rings. The lowest BCUT2D eigenvalue weighted by Gasteiger charge is -2.20. The third kappa shape index (κ3) is 7.53. The van der Waals surface area contributed by atoms with Crippen molar-refractivity contribution in [2.24, 2.45) is 4.99 Å². The fraction of sp³-hybridized carbons (Fsp3) is 0.458. The van der Waals surface area contributed by atoms with Crippen molar-refractivity contribution in [2.45, 2.75) is 32.2 Å². The molecular weight excluding hydrogens is 415 g/mol. The fourth-order valence-corrected chi connectivity index (χ4v) is 3.73. The number of nitrogens with one attached hydrogen (secondary N) is 2. The van der Waals surface area contributed by atoms with Gasteiger partial charge in [-0.1, -0.05) is 36.4 Å². The highest BCUT2D eigenvalue weighted by atomic mass is 19.4. The largest absolute Gasteiger partial charge is 0.416 e. The van der Waals surface area contributed by atoms with Crippen molar-refractivity contribution in [3.8, 4) is 0 Å². The smallest absolute Gasteiger partial charge is 0.352 e. The molecule has 1 saturated heterocycles. The summed E-state index contributed by atoms with van der Waals surface area (Å²) in [5.41, 5.74) is 2.32.